The lowest BCUT2D eigenvalue weighted by atomic mass is 10.1. The molecule has 0 bridgehead atoms. The highest BCUT2D eigenvalue weighted by Gasteiger charge is 2.15. The third-order valence-electron chi connectivity index (χ3n) is 2.93. The molecule has 0 aliphatic carbocycles. The van der Waals surface area contributed by atoms with Crippen LogP contribution in [0.4, 0.5) is 10.1 Å². The number of anilines is 1. The number of carbonyl (C=O) groups excluding carboxylic acids is 1. The molecule has 2 rings (SSSR count). The van der Waals surface area contributed by atoms with Crippen molar-refractivity contribution in [3.05, 3.63) is 63.9 Å². The number of nitrogens with two attached hydrogens (primary N) is 1. The molecule has 0 fully saturated rings. The van der Waals surface area contributed by atoms with Gasteiger partial charge in [-0.3, -0.25) is 4.79 Å². The van der Waals surface area contributed by atoms with E-state index in [9.17, 15) is 9.18 Å². The van der Waals surface area contributed by atoms with E-state index in [-0.39, 0.29) is 10.6 Å². The fraction of sp³-hybridized carbons (Fsp3) is 0.0667. The lowest BCUT2D eigenvalue weighted by molar-refractivity contribution is 0.102. The molecule has 0 aliphatic rings. The molecule has 2 aromatic carbocycles. The lowest BCUT2D eigenvalue weighted by Crippen LogP contribution is -2.18. The Balaban J connectivity index is 2.36. The number of benzene rings is 2. The number of hydrogen-bond acceptors (Lipinski definition) is 2. The maximum absolute atomic E-state index is 13.2. The third-order valence-corrected chi connectivity index (χ3v) is 3.65. The standard InChI is InChI=1S/C15H12ClFN2OS/c1-8-3-2-4-10(13(8)16)15(20)19-12-6-5-9(17)7-11(12)14(18)21/h2-7H,1H3,(H2,18,21)(H,19,20). The Kier molecular flexibility index (Phi) is 4.55. The predicted molar refractivity (Wildman–Crippen MR) is 86.4 cm³/mol. The fourth-order valence-electron chi connectivity index (χ4n) is 1.84. The zero-order valence-corrected chi connectivity index (χ0v) is 12.7. The van der Waals surface area contributed by atoms with Crippen LogP contribution in [0.5, 0.6) is 0 Å². The van der Waals surface area contributed by atoms with Crippen LogP contribution in [-0.2, 0) is 0 Å². The molecule has 0 atom stereocenters. The zero-order valence-electron chi connectivity index (χ0n) is 11.1. The second-order valence-electron chi connectivity index (χ2n) is 4.44. The van der Waals surface area contributed by atoms with E-state index in [1.54, 1.807) is 25.1 Å². The van der Waals surface area contributed by atoms with E-state index in [1.807, 2.05) is 0 Å². The number of nitrogens with one attached hydrogen (secondary N) is 1. The molecule has 0 heterocycles. The molecule has 3 nitrogen and oxygen atoms in total. The summed E-state index contributed by atoms with van der Waals surface area (Å²) in [5.74, 6) is -0.891. The van der Waals surface area contributed by atoms with Crippen LogP contribution in [0, 0.1) is 12.7 Å². The molecule has 0 unspecified atom stereocenters. The summed E-state index contributed by atoms with van der Waals surface area (Å²) in [5.41, 5.74) is 7.26. The van der Waals surface area contributed by atoms with Crippen LogP contribution in [0.2, 0.25) is 5.02 Å². The van der Waals surface area contributed by atoms with Crippen LogP contribution in [0.15, 0.2) is 36.4 Å². The molecule has 0 aromatic heterocycles. The van der Waals surface area contributed by atoms with Gasteiger partial charge in [0.15, 0.2) is 0 Å². The highest BCUT2D eigenvalue weighted by molar-refractivity contribution is 7.80. The van der Waals surface area contributed by atoms with Crippen molar-refractivity contribution < 1.29 is 9.18 Å². The van der Waals surface area contributed by atoms with Crippen molar-refractivity contribution in [1.82, 2.24) is 0 Å². The van der Waals surface area contributed by atoms with Crippen molar-refractivity contribution in [2.75, 3.05) is 5.32 Å². The topological polar surface area (TPSA) is 55.1 Å². The van der Waals surface area contributed by atoms with E-state index in [0.29, 0.717) is 16.3 Å². The molecule has 2 aromatic rings. The molecular weight excluding hydrogens is 311 g/mol. The van der Waals surface area contributed by atoms with Crippen molar-refractivity contribution in [3.63, 3.8) is 0 Å². The number of aryl methyl sites for hydroxylation is 1. The highest BCUT2D eigenvalue weighted by Crippen LogP contribution is 2.23. The summed E-state index contributed by atoms with van der Waals surface area (Å²) in [7, 11) is 0. The maximum atomic E-state index is 13.2. The summed E-state index contributed by atoms with van der Waals surface area (Å²) < 4.78 is 13.2. The van der Waals surface area contributed by atoms with Gasteiger partial charge in [-0.25, -0.2) is 4.39 Å². The van der Waals surface area contributed by atoms with Gasteiger partial charge in [0.1, 0.15) is 10.8 Å². The SMILES string of the molecule is Cc1cccc(C(=O)Nc2ccc(F)cc2C(N)=S)c1Cl. The smallest absolute Gasteiger partial charge is 0.257 e. The summed E-state index contributed by atoms with van der Waals surface area (Å²) in [6.45, 7) is 1.80. The second kappa shape index (κ2) is 6.20. The second-order valence-corrected chi connectivity index (χ2v) is 5.26. The van der Waals surface area contributed by atoms with Gasteiger partial charge in [0.2, 0.25) is 0 Å². The van der Waals surface area contributed by atoms with Crippen LogP contribution in [0.3, 0.4) is 0 Å². The van der Waals surface area contributed by atoms with Crippen molar-refractivity contribution in [3.8, 4) is 0 Å². The van der Waals surface area contributed by atoms with E-state index < -0.39 is 11.7 Å². The van der Waals surface area contributed by atoms with Gasteiger partial charge in [-0.05, 0) is 36.8 Å². The molecule has 1 amide bonds. The summed E-state index contributed by atoms with van der Waals surface area (Å²) >= 11 is 11.0. The number of thiocarbonyl (C=S) groups is 1. The van der Waals surface area contributed by atoms with E-state index in [2.05, 4.69) is 5.32 Å². The monoisotopic (exact) mass is 322 g/mol. The van der Waals surface area contributed by atoms with Gasteiger partial charge < -0.3 is 11.1 Å². The molecule has 21 heavy (non-hydrogen) atoms. The third kappa shape index (κ3) is 3.37. The Hall–Kier alpha value is -1.98. The van der Waals surface area contributed by atoms with Crippen LogP contribution in [-0.4, -0.2) is 10.9 Å². The molecule has 0 saturated heterocycles. The van der Waals surface area contributed by atoms with Crippen LogP contribution in [0.1, 0.15) is 21.5 Å². The first-order valence-electron chi connectivity index (χ1n) is 6.06. The number of rotatable bonds is 3. The Morgan fingerprint density at radius 2 is 2.00 bits per heavy atom. The van der Waals surface area contributed by atoms with E-state index >= 15 is 0 Å². The van der Waals surface area contributed by atoms with Crippen LogP contribution >= 0.6 is 23.8 Å². The van der Waals surface area contributed by atoms with Crippen molar-refractivity contribution in [2.24, 2.45) is 5.73 Å². The first kappa shape index (κ1) is 15.4. The quantitative estimate of drug-likeness (QED) is 0.848. The van der Waals surface area contributed by atoms with Gasteiger partial charge in [-0.15, -0.1) is 0 Å². The molecule has 3 N–H and O–H groups in total. The molecule has 0 saturated carbocycles. The number of amides is 1. The number of hydrogen-bond donors (Lipinski definition) is 2. The first-order valence-corrected chi connectivity index (χ1v) is 6.84. The Bertz CT molecular complexity index is 734. The summed E-state index contributed by atoms with van der Waals surface area (Å²) in [5, 5.41) is 3.02. The first-order chi connectivity index (χ1) is 9.90. The normalized spacial score (nSPS) is 10.2. The van der Waals surface area contributed by atoms with Crippen molar-refractivity contribution >= 4 is 40.4 Å². The Labute approximate surface area is 131 Å². The van der Waals surface area contributed by atoms with Crippen LogP contribution < -0.4 is 11.1 Å². The molecule has 0 aliphatic heterocycles. The molecule has 0 radical (unpaired) electrons. The van der Waals surface area contributed by atoms with Gasteiger partial charge in [0.25, 0.3) is 5.91 Å². The van der Waals surface area contributed by atoms with E-state index in [0.717, 1.165) is 5.56 Å². The Morgan fingerprint density at radius 1 is 1.29 bits per heavy atom. The number of carbonyl (C=O) groups is 1. The minimum atomic E-state index is -0.482. The largest absolute Gasteiger partial charge is 0.389 e. The Morgan fingerprint density at radius 3 is 2.67 bits per heavy atom. The van der Waals surface area contributed by atoms with Gasteiger partial charge in [-0.2, -0.15) is 0 Å². The minimum absolute atomic E-state index is 0.000129. The van der Waals surface area contributed by atoms with Crippen molar-refractivity contribution in [2.45, 2.75) is 6.92 Å². The van der Waals surface area contributed by atoms with Gasteiger partial charge in [-0.1, -0.05) is 36.0 Å². The average Bonchev–Trinajstić information content (AvgIpc) is 2.43. The van der Waals surface area contributed by atoms with E-state index in [4.69, 9.17) is 29.6 Å². The van der Waals surface area contributed by atoms with Gasteiger partial charge in [0.05, 0.1) is 16.3 Å². The molecular formula is C15H12ClFN2OS. The predicted octanol–water partition coefficient (Wildman–Crippen LogP) is 3.67. The minimum Gasteiger partial charge on any atom is -0.389 e. The lowest BCUT2D eigenvalue weighted by Gasteiger charge is -2.11. The van der Waals surface area contributed by atoms with E-state index in [1.165, 1.54) is 18.2 Å². The molecule has 108 valence electrons. The van der Waals surface area contributed by atoms with Gasteiger partial charge >= 0.3 is 0 Å². The summed E-state index contributed by atoms with van der Waals surface area (Å²) in [6.07, 6.45) is 0. The van der Waals surface area contributed by atoms with Crippen molar-refractivity contribution in [1.29, 1.82) is 0 Å². The van der Waals surface area contributed by atoms with Crippen LogP contribution in [0.25, 0.3) is 0 Å². The highest BCUT2D eigenvalue weighted by atomic mass is 35.5. The molecule has 6 heteroatoms. The number of halogens is 2. The van der Waals surface area contributed by atoms with Gasteiger partial charge in [0, 0.05) is 5.56 Å². The maximum Gasteiger partial charge on any atom is 0.257 e. The summed E-state index contributed by atoms with van der Waals surface area (Å²) in [6, 6.07) is 8.94. The zero-order chi connectivity index (χ0) is 15.6. The molecule has 0 spiro atoms. The average molecular weight is 323 g/mol. The summed E-state index contributed by atoms with van der Waals surface area (Å²) in [4.78, 5) is 12.3. The fourth-order valence-corrected chi connectivity index (χ4v) is 2.22.